The second kappa shape index (κ2) is 7.22. The highest BCUT2D eigenvalue weighted by atomic mass is 127. The Balaban J connectivity index is 3.60. The summed E-state index contributed by atoms with van der Waals surface area (Å²) in [5, 5.41) is 2.62. The van der Waals surface area contributed by atoms with Crippen LogP contribution in [0, 0.1) is 12.0 Å². The van der Waals surface area contributed by atoms with E-state index in [9.17, 15) is 4.79 Å². The summed E-state index contributed by atoms with van der Waals surface area (Å²) in [5.41, 5.74) is 0. The highest BCUT2D eigenvalue weighted by molar-refractivity contribution is 14.1. The monoisotopic (exact) mass is 281 g/mol. The highest BCUT2D eigenvalue weighted by Crippen LogP contribution is 1.88. The first-order valence-corrected chi connectivity index (χ1v) is 5.24. The molecule has 0 heterocycles. The van der Waals surface area contributed by atoms with E-state index in [-0.39, 0.29) is 6.04 Å². The maximum absolute atomic E-state index is 10.8. The molecule has 0 aliphatic rings. The maximum Gasteiger partial charge on any atom is 0.421 e. The molecule has 1 N–H and O–H groups in total. The topological polar surface area (TPSA) is 38.3 Å². The minimum atomic E-state index is -0.471. The van der Waals surface area contributed by atoms with Crippen LogP contribution >= 0.6 is 22.6 Å². The van der Waals surface area contributed by atoms with E-state index in [1.807, 2.05) is 13.8 Å². The summed E-state index contributed by atoms with van der Waals surface area (Å²) in [7, 11) is 0. The fourth-order valence-corrected chi connectivity index (χ4v) is 0.598. The normalized spacial score (nSPS) is 10.9. The smallest absolute Gasteiger partial charge is 0.356 e. The molecule has 1 unspecified atom stereocenters. The number of hydrogen-bond acceptors (Lipinski definition) is 2. The number of hydrogen-bond donors (Lipinski definition) is 1. The zero-order valence-corrected chi connectivity index (χ0v) is 9.34. The molecule has 0 fully saturated rings. The maximum atomic E-state index is 10.8. The number of ether oxygens (including phenoxy) is 1. The first-order valence-electron chi connectivity index (χ1n) is 3.71. The van der Waals surface area contributed by atoms with Crippen LogP contribution in [0.25, 0.3) is 0 Å². The molecule has 4 heteroatoms. The molecule has 0 bridgehead atoms. The van der Waals surface area contributed by atoms with Gasteiger partial charge in [-0.15, -0.1) is 0 Å². The Morgan fingerprint density at radius 1 is 1.75 bits per heavy atom. The second-order valence-electron chi connectivity index (χ2n) is 2.26. The fraction of sp³-hybridized carbons (Fsp3) is 0.625. The van der Waals surface area contributed by atoms with Crippen molar-refractivity contribution in [2.24, 2.45) is 0 Å². The molecule has 0 aliphatic carbocycles. The molecule has 0 spiro atoms. The molecule has 1 atom stereocenters. The Morgan fingerprint density at radius 3 is 2.92 bits per heavy atom. The number of amides is 1. The van der Waals surface area contributed by atoms with Crippen molar-refractivity contribution in [2.75, 3.05) is 4.43 Å². The number of nitrogens with one attached hydrogen (secondary N) is 1. The molecule has 12 heavy (non-hydrogen) atoms. The van der Waals surface area contributed by atoms with Gasteiger partial charge in [0.1, 0.15) is 6.11 Å². The standard InChI is InChI=1S/C8H12INO2/c1-3-7(2)10-8(11)12-6-4-5-9/h7H,3,5H2,1-2H3,(H,10,11). The summed E-state index contributed by atoms with van der Waals surface area (Å²) in [6.45, 7) is 3.90. The van der Waals surface area contributed by atoms with Crippen molar-refractivity contribution in [1.82, 2.24) is 5.32 Å². The summed E-state index contributed by atoms with van der Waals surface area (Å²) < 4.78 is 5.20. The third kappa shape index (κ3) is 6.28. The lowest BCUT2D eigenvalue weighted by atomic mass is 10.3. The predicted octanol–water partition coefficient (Wildman–Crippen LogP) is 1.91. The van der Waals surface area contributed by atoms with Gasteiger partial charge in [-0.2, -0.15) is 0 Å². The summed E-state index contributed by atoms with van der Waals surface area (Å²) >= 11 is 2.08. The lowest BCUT2D eigenvalue weighted by Crippen LogP contribution is -2.31. The molecule has 0 radical (unpaired) electrons. The van der Waals surface area contributed by atoms with E-state index in [1.54, 1.807) is 0 Å². The third-order valence-electron chi connectivity index (χ3n) is 1.26. The van der Waals surface area contributed by atoms with Gasteiger partial charge in [-0.1, -0.05) is 29.5 Å². The van der Waals surface area contributed by atoms with Crippen molar-refractivity contribution in [2.45, 2.75) is 26.3 Å². The number of alkyl halides is 1. The van der Waals surface area contributed by atoms with Gasteiger partial charge in [0.15, 0.2) is 0 Å². The van der Waals surface area contributed by atoms with Crippen LogP contribution in [0.4, 0.5) is 4.79 Å². The molecule has 3 nitrogen and oxygen atoms in total. The number of carbonyl (C=O) groups excluding carboxylic acids is 1. The zero-order valence-electron chi connectivity index (χ0n) is 7.19. The number of halogens is 1. The average Bonchev–Trinajstić information content (AvgIpc) is 2.05. The highest BCUT2D eigenvalue weighted by Gasteiger charge is 2.03. The van der Waals surface area contributed by atoms with Gasteiger partial charge >= 0.3 is 6.09 Å². The van der Waals surface area contributed by atoms with Crippen molar-refractivity contribution >= 4 is 28.7 Å². The molecule has 0 aromatic rings. The Hall–Kier alpha value is -0.440. The number of carbonyl (C=O) groups is 1. The summed E-state index contributed by atoms with van der Waals surface area (Å²) in [6.07, 6.45) is 2.71. The van der Waals surface area contributed by atoms with Crippen LogP contribution in [0.1, 0.15) is 20.3 Å². The Bertz CT molecular complexity index is 195. The van der Waals surface area contributed by atoms with Crippen molar-refractivity contribution in [1.29, 1.82) is 0 Å². The summed E-state index contributed by atoms with van der Waals surface area (Å²) in [6, 6.07) is 0.138. The Labute approximate surface area is 86.4 Å². The van der Waals surface area contributed by atoms with Crippen LogP contribution in [0.5, 0.6) is 0 Å². The van der Waals surface area contributed by atoms with Crippen LogP contribution < -0.4 is 5.32 Å². The molecule has 0 saturated heterocycles. The van der Waals surface area contributed by atoms with E-state index in [4.69, 9.17) is 0 Å². The average molecular weight is 281 g/mol. The van der Waals surface area contributed by atoms with E-state index >= 15 is 0 Å². The number of alkyl carbamates (subject to hydrolysis) is 1. The molecular formula is C8H12INO2. The van der Waals surface area contributed by atoms with E-state index in [0.29, 0.717) is 4.43 Å². The molecule has 0 aliphatic heterocycles. The van der Waals surface area contributed by atoms with Crippen molar-refractivity contribution in [3.63, 3.8) is 0 Å². The third-order valence-corrected chi connectivity index (χ3v) is 1.64. The van der Waals surface area contributed by atoms with Gasteiger partial charge in [-0.25, -0.2) is 4.79 Å². The molecule has 0 rings (SSSR count). The van der Waals surface area contributed by atoms with Crippen molar-refractivity contribution < 1.29 is 9.53 Å². The lowest BCUT2D eigenvalue weighted by Gasteiger charge is -2.07. The van der Waals surface area contributed by atoms with Gasteiger partial charge in [0.05, 0.1) is 4.43 Å². The van der Waals surface area contributed by atoms with Crippen LogP contribution in [0.3, 0.4) is 0 Å². The van der Waals surface area contributed by atoms with Crippen LogP contribution in [0.2, 0.25) is 0 Å². The SMILES string of the molecule is CCC(C)NC(=O)OC#CCI. The minimum Gasteiger partial charge on any atom is -0.356 e. The number of rotatable bonds is 2. The van der Waals surface area contributed by atoms with Gasteiger partial charge in [0, 0.05) is 6.04 Å². The molecular weight excluding hydrogens is 269 g/mol. The van der Waals surface area contributed by atoms with Gasteiger partial charge < -0.3 is 10.1 Å². The van der Waals surface area contributed by atoms with Crippen molar-refractivity contribution in [3.8, 4) is 12.0 Å². The van der Waals surface area contributed by atoms with Gasteiger partial charge in [0.2, 0.25) is 0 Å². The van der Waals surface area contributed by atoms with Gasteiger partial charge in [0.25, 0.3) is 0 Å². The largest absolute Gasteiger partial charge is 0.421 e. The second-order valence-corrected chi connectivity index (χ2v) is 3.02. The van der Waals surface area contributed by atoms with Crippen molar-refractivity contribution in [3.05, 3.63) is 0 Å². The van der Waals surface area contributed by atoms with Gasteiger partial charge in [-0.3, -0.25) is 0 Å². The molecule has 68 valence electrons. The van der Waals surface area contributed by atoms with Crippen LogP contribution in [-0.2, 0) is 4.74 Å². The first kappa shape index (κ1) is 11.6. The molecule has 0 saturated carbocycles. The Morgan fingerprint density at radius 2 is 2.42 bits per heavy atom. The first-order chi connectivity index (χ1) is 5.70. The zero-order chi connectivity index (χ0) is 9.40. The molecule has 1 amide bonds. The van der Waals surface area contributed by atoms with E-state index in [2.05, 4.69) is 44.7 Å². The fourth-order valence-electron chi connectivity index (χ4n) is 0.442. The van der Waals surface area contributed by atoms with Crippen LogP contribution in [0.15, 0.2) is 0 Å². The molecule has 0 aromatic carbocycles. The van der Waals surface area contributed by atoms with E-state index in [1.165, 1.54) is 0 Å². The quantitative estimate of drug-likeness (QED) is 0.477. The Kier molecular flexibility index (Phi) is 6.96. The molecule has 0 aromatic heterocycles. The lowest BCUT2D eigenvalue weighted by molar-refractivity contribution is 0.188. The summed E-state index contributed by atoms with van der Waals surface area (Å²) in [4.78, 5) is 10.8. The minimum absolute atomic E-state index is 0.138. The van der Waals surface area contributed by atoms with Gasteiger partial charge in [-0.05, 0) is 19.3 Å². The van der Waals surface area contributed by atoms with Crippen LogP contribution in [-0.4, -0.2) is 16.6 Å². The predicted molar refractivity (Wildman–Crippen MR) is 56.0 cm³/mol. The van der Waals surface area contributed by atoms with E-state index in [0.717, 1.165) is 6.42 Å². The summed E-state index contributed by atoms with van der Waals surface area (Å²) in [5.74, 6) is 2.62. The van der Waals surface area contributed by atoms with E-state index < -0.39 is 6.09 Å².